The highest BCUT2D eigenvalue weighted by atomic mass is 32.1. The van der Waals surface area contributed by atoms with E-state index in [1.165, 1.54) is 6.07 Å². The Morgan fingerprint density at radius 2 is 2.00 bits per heavy atom. The van der Waals surface area contributed by atoms with E-state index in [1.54, 1.807) is 17.4 Å². The van der Waals surface area contributed by atoms with E-state index in [0.29, 0.717) is 12.0 Å². The van der Waals surface area contributed by atoms with Crippen LogP contribution in [0.15, 0.2) is 35.7 Å². The van der Waals surface area contributed by atoms with Gasteiger partial charge in [-0.2, -0.15) is 13.2 Å². The molecule has 2 rings (SSSR count). The molecule has 5 nitrogen and oxygen atoms in total. The van der Waals surface area contributed by atoms with Crippen LogP contribution in [0.5, 0.6) is 5.75 Å². The highest BCUT2D eigenvalue weighted by Gasteiger charge is 2.35. The van der Waals surface area contributed by atoms with Gasteiger partial charge in [-0.3, -0.25) is 0 Å². The Balaban J connectivity index is 2.01. The molecule has 2 unspecified atom stereocenters. The molecular formula is C19H24F3NO4PS+. The average Bonchev–Trinajstić information content (AvgIpc) is 3.21. The lowest BCUT2D eigenvalue weighted by molar-refractivity contribution is -0.139. The minimum Gasteiger partial charge on any atom is -0.493 e. The summed E-state index contributed by atoms with van der Waals surface area (Å²) in [6, 6.07) is 7.82. The summed E-state index contributed by atoms with van der Waals surface area (Å²) < 4.78 is 61.0. The van der Waals surface area contributed by atoms with Crippen LogP contribution in [0, 0.1) is 0 Å². The largest absolute Gasteiger partial charge is 0.494 e. The smallest absolute Gasteiger partial charge is 0.493 e. The molecule has 1 aromatic heterocycles. The Bertz CT molecular complexity index is 773. The minimum atomic E-state index is -4.55. The highest BCUT2D eigenvalue weighted by molar-refractivity contribution is 7.17. The van der Waals surface area contributed by atoms with E-state index in [2.05, 4.69) is 0 Å². The molecule has 1 aromatic carbocycles. The predicted octanol–water partition coefficient (Wildman–Crippen LogP) is 4.36. The molecule has 1 heterocycles. The van der Waals surface area contributed by atoms with Crippen molar-refractivity contribution in [3.05, 3.63) is 51.7 Å². The SMILES string of the molecule is NC(CO)(CCc1ccc(OCCCc2cccs2)c(C(F)(F)F)c1)CO[PH+]=O. The summed E-state index contributed by atoms with van der Waals surface area (Å²) >= 11 is 1.60. The van der Waals surface area contributed by atoms with Gasteiger partial charge in [-0.25, -0.2) is 0 Å². The standard InChI is InChI=1S/C19H24F3NO4PS/c20-19(21,22)16-11-14(7-8-18(23,12-24)13-27-28-25)5-6-17(16)26-9-1-3-15-4-2-10-29-15/h2,4-6,10-11,24,28H,1,3,7-9,12-13,23H2/q+1. The van der Waals surface area contributed by atoms with Crippen LogP contribution in [0.3, 0.4) is 0 Å². The lowest BCUT2D eigenvalue weighted by Gasteiger charge is -2.24. The number of rotatable bonds is 12. The van der Waals surface area contributed by atoms with Crippen molar-refractivity contribution in [3.63, 3.8) is 0 Å². The summed E-state index contributed by atoms with van der Waals surface area (Å²) in [5.41, 5.74) is 4.35. The number of aryl methyl sites for hydroxylation is 2. The lowest BCUT2D eigenvalue weighted by Crippen LogP contribution is -2.47. The molecular weight excluding hydrogens is 426 g/mol. The molecule has 2 aromatic rings. The van der Waals surface area contributed by atoms with Gasteiger partial charge in [-0.05, 0) is 59.4 Å². The number of alkyl halides is 3. The first kappa shape index (κ1) is 23.8. The second-order valence-electron chi connectivity index (χ2n) is 6.75. The van der Waals surface area contributed by atoms with Crippen molar-refractivity contribution in [2.45, 2.75) is 37.4 Å². The molecule has 0 bridgehead atoms. The fourth-order valence-corrected chi connectivity index (χ4v) is 3.82. The summed E-state index contributed by atoms with van der Waals surface area (Å²) in [5.74, 6) is -0.204. The number of aliphatic hydroxyl groups excluding tert-OH is 1. The van der Waals surface area contributed by atoms with Gasteiger partial charge in [-0.1, -0.05) is 12.1 Å². The summed E-state index contributed by atoms with van der Waals surface area (Å²) in [6.07, 6.45) is -2.81. The van der Waals surface area contributed by atoms with E-state index >= 15 is 0 Å². The minimum absolute atomic E-state index is 0.150. The summed E-state index contributed by atoms with van der Waals surface area (Å²) in [7, 11) is -1.02. The van der Waals surface area contributed by atoms with Crippen molar-refractivity contribution in [2.24, 2.45) is 5.73 Å². The van der Waals surface area contributed by atoms with Crippen LogP contribution in [0.1, 0.15) is 28.8 Å². The Labute approximate surface area is 172 Å². The van der Waals surface area contributed by atoms with Gasteiger partial charge in [0.25, 0.3) is 0 Å². The highest BCUT2D eigenvalue weighted by Crippen LogP contribution is 2.37. The van der Waals surface area contributed by atoms with Crippen LogP contribution >= 0.6 is 20.0 Å². The number of halogens is 3. The lowest BCUT2D eigenvalue weighted by atomic mass is 9.93. The summed E-state index contributed by atoms with van der Waals surface area (Å²) in [5, 5.41) is 11.4. The van der Waals surface area contributed by atoms with E-state index in [4.69, 9.17) is 15.0 Å². The second-order valence-corrected chi connectivity index (χ2v) is 8.24. The third-order valence-corrected chi connectivity index (χ3v) is 5.60. The van der Waals surface area contributed by atoms with Crippen molar-refractivity contribution in [1.29, 1.82) is 0 Å². The molecule has 2 atom stereocenters. The van der Waals surface area contributed by atoms with Crippen LogP contribution in [0.25, 0.3) is 0 Å². The third kappa shape index (κ3) is 7.68. The van der Waals surface area contributed by atoms with Crippen molar-refractivity contribution in [2.75, 3.05) is 19.8 Å². The number of benzene rings is 1. The van der Waals surface area contributed by atoms with Crippen molar-refractivity contribution in [1.82, 2.24) is 0 Å². The number of hydrogen-bond acceptors (Lipinski definition) is 6. The van der Waals surface area contributed by atoms with Gasteiger partial charge in [0.05, 0.1) is 24.3 Å². The van der Waals surface area contributed by atoms with Gasteiger partial charge in [0.1, 0.15) is 12.4 Å². The van der Waals surface area contributed by atoms with Crippen molar-refractivity contribution < 1.29 is 32.1 Å². The van der Waals surface area contributed by atoms with Crippen LogP contribution in [-0.4, -0.2) is 30.5 Å². The summed E-state index contributed by atoms with van der Waals surface area (Å²) in [6.45, 7) is -0.401. The monoisotopic (exact) mass is 450 g/mol. The predicted molar refractivity (Wildman–Crippen MR) is 107 cm³/mol. The third-order valence-electron chi connectivity index (χ3n) is 4.40. The van der Waals surface area contributed by atoms with Crippen LogP contribution in [-0.2, 0) is 28.1 Å². The maximum Gasteiger partial charge on any atom is 0.494 e. The Hall–Kier alpha value is -1.51. The average molecular weight is 450 g/mol. The maximum atomic E-state index is 13.5. The molecule has 160 valence electrons. The fraction of sp³-hybridized carbons (Fsp3) is 0.474. The van der Waals surface area contributed by atoms with Gasteiger partial charge in [-0.15, -0.1) is 15.9 Å². The quantitative estimate of drug-likeness (QED) is 0.371. The van der Waals surface area contributed by atoms with Crippen molar-refractivity contribution in [3.8, 4) is 5.75 Å². The Morgan fingerprint density at radius 1 is 1.21 bits per heavy atom. The van der Waals surface area contributed by atoms with Gasteiger partial charge >= 0.3 is 14.9 Å². The number of nitrogens with two attached hydrogens (primary N) is 1. The second kappa shape index (κ2) is 11.0. The zero-order chi connectivity index (χ0) is 21.3. The van der Waals surface area contributed by atoms with E-state index in [9.17, 15) is 22.8 Å². The topological polar surface area (TPSA) is 81.8 Å². The molecule has 0 aliphatic carbocycles. The van der Waals surface area contributed by atoms with Gasteiger partial charge in [0, 0.05) is 4.88 Å². The first-order chi connectivity index (χ1) is 13.8. The zero-order valence-corrected chi connectivity index (χ0v) is 17.5. The first-order valence-electron chi connectivity index (χ1n) is 9.01. The number of ether oxygens (including phenoxy) is 1. The number of thiophene rings is 1. The Morgan fingerprint density at radius 3 is 2.62 bits per heavy atom. The molecule has 0 aliphatic heterocycles. The fourth-order valence-electron chi connectivity index (χ4n) is 2.73. The van der Waals surface area contributed by atoms with Crippen molar-refractivity contribution >= 4 is 20.0 Å². The molecule has 0 saturated heterocycles. The molecule has 0 radical (unpaired) electrons. The van der Waals surface area contributed by atoms with Crippen LogP contribution in [0.4, 0.5) is 13.2 Å². The van der Waals surface area contributed by atoms with E-state index in [-0.39, 0.29) is 31.8 Å². The molecule has 0 aliphatic rings. The zero-order valence-electron chi connectivity index (χ0n) is 15.7. The molecule has 3 N–H and O–H groups in total. The molecule has 0 saturated carbocycles. The van der Waals surface area contributed by atoms with Gasteiger partial charge in [0.15, 0.2) is 0 Å². The van der Waals surface area contributed by atoms with Gasteiger partial charge < -0.3 is 15.6 Å². The molecule has 10 heteroatoms. The molecule has 0 amide bonds. The first-order valence-corrected chi connectivity index (χ1v) is 10.7. The normalized spacial score (nSPS) is 14.1. The van der Waals surface area contributed by atoms with Crippen LogP contribution in [0.2, 0.25) is 0 Å². The number of hydrogen-bond donors (Lipinski definition) is 2. The van der Waals surface area contributed by atoms with Crippen LogP contribution < -0.4 is 10.5 Å². The molecule has 0 fully saturated rings. The van der Waals surface area contributed by atoms with E-state index < -0.39 is 32.6 Å². The number of aliphatic hydroxyl groups is 1. The molecule has 29 heavy (non-hydrogen) atoms. The van der Waals surface area contributed by atoms with E-state index in [1.807, 2.05) is 17.5 Å². The van der Waals surface area contributed by atoms with E-state index in [0.717, 1.165) is 17.4 Å². The van der Waals surface area contributed by atoms with Gasteiger partial charge in [0.2, 0.25) is 0 Å². The summed E-state index contributed by atoms with van der Waals surface area (Å²) in [4.78, 5) is 1.16. The Kier molecular flexibility index (Phi) is 9.04. The maximum absolute atomic E-state index is 13.5. The molecule has 0 spiro atoms.